The Labute approximate surface area is 665 Å². The zero-order valence-electron chi connectivity index (χ0n) is 67.9. The molecule has 0 bridgehead atoms. The third kappa shape index (κ3) is 22.3. The van der Waals surface area contributed by atoms with E-state index in [1.165, 1.54) is 113 Å². The van der Waals surface area contributed by atoms with Gasteiger partial charge in [0.2, 0.25) is 23.6 Å². The molecule has 0 aromatic heterocycles. The summed E-state index contributed by atoms with van der Waals surface area (Å²) in [5.41, 5.74) is 4.69. The summed E-state index contributed by atoms with van der Waals surface area (Å²) in [4.78, 5) is 62.7. The Balaban J connectivity index is 0.000000131. The number of rotatable bonds is 20. The Morgan fingerprint density at radius 1 is 0.339 bits per heavy atom. The second-order valence-electron chi connectivity index (χ2n) is 32.9. The Hall–Kier alpha value is -7.16. The molecular weight excluding hydrogens is 1430 g/mol. The summed E-state index contributed by atoms with van der Waals surface area (Å²) in [7, 11) is 0. The van der Waals surface area contributed by atoms with Gasteiger partial charge >= 0.3 is 0 Å². The van der Waals surface area contributed by atoms with Crippen molar-refractivity contribution in [3.8, 4) is 23.0 Å². The van der Waals surface area contributed by atoms with Crippen LogP contribution in [-0.4, -0.2) is 248 Å². The molecular formula is C88H128N8O16. The third-order valence-corrected chi connectivity index (χ3v) is 25.0. The van der Waals surface area contributed by atoms with E-state index in [9.17, 15) is 19.2 Å². The summed E-state index contributed by atoms with van der Waals surface area (Å²) in [5.74, 6) is 3.61. The number of amides is 4. The summed E-state index contributed by atoms with van der Waals surface area (Å²) in [6.07, 6.45) is 23.5. The van der Waals surface area contributed by atoms with E-state index in [0.29, 0.717) is 64.7 Å². The number of nitrogens with zero attached hydrogens (tertiary/aromatic N) is 8. The lowest BCUT2D eigenvalue weighted by Gasteiger charge is -2.38. The minimum Gasteiger partial charge on any atom is -0.491 e. The highest BCUT2D eigenvalue weighted by Crippen LogP contribution is 2.45. The molecule has 112 heavy (non-hydrogen) atoms. The highest BCUT2D eigenvalue weighted by molar-refractivity contribution is 5.75. The van der Waals surface area contributed by atoms with Gasteiger partial charge in [-0.25, -0.2) is 0 Å². The van der Waals surface area contributed by atoms with Gasteiger partial charge in [0.25, 0.3) is 0 Å². The van der Waals surface area contributed by atoms with Crippen LogP contribution in [0.1, 0.15) is 170 Å². The van der Waals surface area contributed by atoms with E-state index >= 15 is 0 Å². The Kier molecular flexibility index (Phi) is 29.2. The smallest absolute Gasteiger partial charge is 0.219 e. The molecule has 8 saturated heterocycles. The second kappa shape index (κ2) is 39.5. The molecule has 6 atom stereocenters. The molecule has 4 aromatic rings. The number of piperazine rings is 4. The fourth-order valence-corrected chi connectivity index (χ4v) is 18.3. The third-order valence-electron chi connectivity index (χ3n) is 25.0. The SMILES string of the molecule is CC(=O)N1CCN(c2ccc(OCC3COC(C)(C4CCCCC4)O3)cc2)CC1.CC(=O)N1CCN(c2ccc(OCC3COC4(CCCC4)O3)cc2)CC1.CC(=O)N1CCN(c2ccc(OCC3COC4(CCCC4)O3)cc2)CC1.CCCC1(C2CCCCC2)OCC(COc2ccc(N3CCN(C(C)=O)CC3)cc2)O1. The Bertz CT molecular complexity index is 3450. The normalized spacial score (nSPS) is 26.6. The van der Waals surface area contributed by atoms with Gasteiger partial charge in [-0.15, -0.1) is 0 Å². The van der Waals surface area contributed by atoms with Gasteiger partial charge in [-0.1, -0.05) is 51.9 Å². The fourth-order valence-electron chi connectivity index (χ4n) is 18.3. The van der Waals surface area contributed by atoms with Gasteiger partial charge in [0.1, 0.15) is 73.8 Å². The van der Waals surface area contributed by atoms with Crippen molar-refractivity contribution in [2.75, 3.05) is 177 Å². The van der Waals surface area contributed by atoms with E-state index in [4.69, 9.17) is 56.8 Å². The van der Waals surface area contributed by atoms with Gasteiger partial charge in [0.15, 0.2) is 23.1 Å². The number of hydrogen-bond acceptors (Lipinski definition) is 20. The van der Waals surface area contributed by atoms with Crippen LogP contribution in [0.15, 0.2) is 97.1 Å². The maximum atomic E-state index is 11.5. The van der Waals surface area contributed by atoms with E-state index in [-0.39, 0.29) is 59.6 Å². The zero-order chi connectivity index (χ0) is 77.9. The van der Waals surface area contributed by atoms with E-state index in [1.807, 2.05) is 68.1 Å². The first-order chi connectivity index (χ1) is 54.4. The number of ether oxygens (including phenoxy) is 12. The van der Waals surface area contributed by atoms with Crippen LogP contribution in [0.4, 0.5) is 22.7 Å². The summed E-state index contributed by atoms with van der Waals surface area (Å²) in [6, 6.07) is 32.9. The summed E-state index contributed by atoms with van der Waals surface area (Å²) in [6.45, 7) is 28.7. The zero-order valence-corrected chi connectivity index (χ0v) is 67.9. The molecule has 4 amide bonds. The van der Waals surface area contributed by atoms with Gasteiger partial charge in [-0.3, -0.25) is 19.2 Å². The van der Waals surface area contributed by atoms with Crippen LogP contribution in [0, 0.1) is 11.8 Å². The summed E-state index contributed by atoms with van der Waals surface area (Å²) >= 11 is 0. The Morgan fingerprint density at radius 3 is 0.920 bits per heavy atom. The van der Waals surface area contributed by atoms with Crippen LogP contribution in [0.25, 0.3) is 0 Å². The number of benzene rings is 4. The molecule has 4 aliphatic carbocycles. The lowest BCUT2D eigenvalue weighted by molar-refractivity contribution is -0.217. The quantitative estimate of drug-likeness (QED) is 0.0806. The van der Waals surface area contributed by atoms with Crippen LogP contribution in [-0.2, 0) is 57.1 Å². The van der Waals surface area contributed by atoms with Crippen LogP contribution in [0.3, 0.4) is 0 Å². The topological polar surface area (TPSA) is 205 Å². The average molecular weight is 1550 g/mol. The molecule has 0 radical (unpaired) electrons. The van der Waals surface area contributed by atoms with Gasteiger partial charge in [-0.05, 0) is 155 Å². The number of hydrogen-bond donors (Lipinski definition) is 0. The molecule has 8 heterocycles. The predicted molar refractivity (Wildman–Crippen MR) is 431 cm³/mol. The molecule has 12 aliphatic rings. The number of carbonyl (C=O) groups excluding carboxylic acids is 4. The number of carbonyl (C=O) groups is 4. The molecule has 6 unspecified atom stereocenters. The first-order valence-corrected chi connectivity index (χ1v) is 42.6. The van der Waals surface area contributed by atoms with Gasteiger partial charge in [0, 0.05) is 199 Å². The van der Waals surface area contributed by atoms with E-state index in [2.05, 4.69) is 82.0 Å². The van der Waals surface area contributed by atoms with Crippen molar-refractivity contribution >= 4 is 46.4 Å². The molecule has 24 nitrogen and oxygen atoms in total. The van der Waals surface area contributed by atoms with E-state index in [1.54, 1.807) is 27.7 Å². The van der Waals surface area contributed by atoms with Crippen molar-refractivity contribution in [3.05, 3.63) is 97.1 Å². The molecule has 0 N–H and O–H groups in total. The van der Waals surface area contributed by atoms with Crippen LogP contribution >= 0.6 is 0 Å². The van der Waals surface area contributed by atoms with Crippen molar-refractivity contribution in [1.29, 1.82) is 0 Å². The van der Waals surface area contributed by atoms with Crippen LogP contribution < -0.4 is 38.5 Å². The highest BCUT2D eigenvalue weighted by Gasteiger charge is 2.49. The van der Waals surface area contributed by atoms with E-state index < -0.39 is 11.6 Å². The summed E-state index contributed by atoms with van der Waals surface area (Å²) < 4.78 is 73.0. The van der Waals surface area contributed by atoms with E-state index in [0.717, 1.165) is 166 Å². The molecule has 8 aliphatic heterocycles. The lowest BCUT2D eigenvalue weighted by atomic mass is 9.81. The second-order valence-corrected chi connectivity index (χ2v) is 32.9. The maximum Gasteiger partial charge on any atom is 0.219 e. The molecule has 12 fully saturated rings. The molecule has 2 spiro atoms. The Morgan fingerprint density at radius 2 is 0.616 bits per heavy atom. The first kappa shape index (κ1) is 82.8. The molecule has 24 heteroatoms. The minimum absolute atomic E-state index is 0.00666. The largest absolute Gasteiger partial charge is 0.491 e. The molecule has 16 rings (SSSR count). The van der Waals surface area contributed by atoms with Crippen molar-refractivity contribution in [2.24, 2.45) is 11.8 Å². The van der Waals surface area contributed by atoms with Gasteiger partial charge in [-0.2, -0.15) is 0 Å². The van der Waals surface area contributed by atoms with Crippen molar-refractivity contribution in [3.63, 3.8) is 0 Å². The fraction of sp³-hybridized carbons (Fsp3) is 0.682. The predicted octanol–water partition coefficient (Wildman–Crippen LogP) is 12.5. The van der Waals surface area contributed by atoms with Crippen molar-refractivity contribution in [1.82, 2.24) is 19.6 Å². The standard InChI is InChI=1S/C25H38N2O4.C23H34N2O4.2C20H28N2O4/c1-3-13-25(21-7-5-4-6-8-21)30-19-24(31-25)18-29-23-11-9-22(10-12-23)27-16-14-26(15-17-27)20(2)28;1-18(26)24-12-14-25(15-13-24)20-8-10-21(11-9-20)27-16-22-17-28-23(2,29-22)19-6-4-3-5-7-19;2*1-16(23)21-10-12-22(13-11-21)17-4-6-18(7-5-17)24-14-19-15-25-20(26-19)8-2-3-9-20/h9-12,21,24H,3-8,13-19H2,1-2H3;8-11,19,22H,3-7,12-17H2,1-2H3;2*4-7,19H,2-3,8-15H2,1H3. The monoisotopic (exact) mass is 1550 g/mol. The average Bonchev–Trinajstić information content (AvgIpc) is 1.64. The summed E-state index contributed by atoms with van der Waals surface area (Å²) in [5, 5.41) is 0. The van der Waals surface area contributed by atoms with Crippen molar-refractivity contribution < 1.29 is 76.0 Å². The minimum atomic E-state index is -0.444. The highest BCUT2D eigenvalue weighted by atomic mass is 16.8. The lowest BCUT2D eigenvalue weighted by Crippen LogP contribution is -2.48. The maximum absolute atomic E-state index is 11.5. The van der Waals surface area contributed by atoms with Crippen LogP contribution in [0.2, 0.25) is 0 Å². The molecule has 616 valence electrons. The van der Waals surface area contributed by atoms with Gasteiger partial charge < -0.3 is 96.0 Å². The number of anilines is 4. The first-order valence-electron chi connectivity index (χ1n) is 42.6. The molecule has 4 saturated carbocycles. The molecule has 4 aromatic carbocycles. The van der Waals surface area contributed by atoms with Crippen molar-refractivity contribution in [2.45, 2.75) is 218 Å². The van der Waals surface area contributed by atoms with Gasteiger partial charge in [0.05, 0.1) is 26.4 Å². The van der Waals surface area contributed by atoms with Crippen LogP contribution in [0.5, 0.6) is 23.0 Å².